The van der Waals surface area contributed by atoms with Crippen molar-refractivity contribution in [2.75, 3.05) is 20.1 Å². The van der Waals surface area contributed by atoms with Gasteiger partial charge in [-0.2, -0.15) is 5.10 Å². The van der Waals surface area contributed by atoms with E-state index < -0.39 is 5.60 Å². The number of aryl methyl sites for hydroxylation is 1. The van der Waals surface area contributed by atoms with E-state index in [9.17, 15) is 4.79 Å². The minimum absolute atomic E-state index is 0.245. The molecule has 114 valence electrons. The summed E-state index contributed by atoms with van der Waals surface area (Å²) in [5.74, 6) is 0. The van der Waals surface area contributed by atoms with Gasteiger partial charge >= 0.3 is 6.09 Å². The number of likely N-dealkylation sites (tertiary alicyclic amines) is 1. The number of amides is 1. The maximum absolute atomic E-state index is 11.4. The van der Waals surface area contributed by atoms with E-state index in [1.165, 1.54) is 0 Å². The van der Waals surface area contributed by atoms with Crippen molar-refractivity contribution in [1.29, 1.82) is 0 Å². The van der Waals surface area contributed by atoms with Gasteiger partial charge in [-0.05, 0) is 46.9 Å². The van der Waals surface area contributed by atoms with Crippen LogP contribution in [0.3, 0.4) is 0 Å². The number of ether oxygens (including phenoxy) is 1. The van der Waals surface area contributed by atoms with Crippen molar-refractivity contribution in [1.82, 2.24) is 20.0 Å². The zero-order chi connectivity index (χ0) is 15.2. The Kier molecular flexibility index (Phi) is 6.01. The third-order valence-electron chi connectivity index (χ3n) is 2.75. The highest BCUT2D eigenvalue weighted by Crippen LogP contribution is 2.09. The van der Waals surface area contributed by atoms with Crippen molar-refractivity contribution in [3.8, 4) is 0 Å². The van der Waals surface area contributed by atoms with Crippen LogP contribution in [-0.2, 0) is 11.8 Å². The Morgan fingerprint density at radius 2 is 2.10 bits per heavy atom. The highest BCUT2D eigenvalue weighted by molar-refractivity contribution is 5.68. The Morgan fingerprint density at radius 3 is 2.45 bits per heavy atom. The summed E-state index contributed by atoms with van der Waals surface area (Å²) >= 11 is 0. The van der Waals surface area contributed by atoms with Crippen LogP contribution in [0.1, 0.15) is 27.2 Å². The number of nitrogens with one attached hydrogen (secondary N) is 1. The number of alkyl carbamates (subject to hydrolysis) is 1. The Hall–Kier alpha value is -1.56. The fourth-order valence-electron chi connectivity index (χ4n) is 1.87. The second kappa shape index (κ2) is 7.28. The lowest BCUT2D eigenvalue weighted by atomic mass is 10.2. The normalized spacial score (nSPS) is 19.1. The molecular weight excluding hydrogens is 256 g/mol. The predicted octanol–water partition coefficient (Wildman–Crippen LogP) is 1.64. The van der Waals surface area contributed by atoms with Crippen molar-refractivity contribution in [3.63, 3.8) is 0 Å². The zero-order valence-corrected chi connectivity index (χ0v) is 13.1. The SMILES string of the molecule is CN1CCC(NC(=O)OC(C)(C)C)C1.Cn1cccn1. The molecule has 6 heteroatoms. The summed E-state index contributed by atoms with van der Waals surface area (Å²) < 4.78 is 6.92. The summed E-state index contributed by atoms with van der Waals surface area (Å²) in [7, 11) is 3.94. The van der Waals surface area contributed by atoms with Crippen molar-refractivity contribution in [3.05, 3.63) is 18.5 Å². The first-order valence-electron chi connectivity index (χ1n) is 6.88. The molecule has 1 N–H and O–H groups in total. The number of nitrogens with zero attached hydrogens (tertiary/aromatic N) is 3. The lowest BCUT2D eigenvalue weighted by Gasteiger charge is -2.21. The molecule has 0 spiro atoms. The van der Waals surface area contributed by atoms with Gasteiger partial charge in [-0.25, -0.2) is 4.79 Å². The monoisotopic (exact) mass is 282 g/mol. The lowest BCUT2D eigenvalue weighted by Crippen LogP contribution is -2.40. The van der Waals surface area contributed by atoms with E-state index >= 15 is 0 Å². The van der Waals surface area contributed by atoms with Gasteiger partial charge < -0.3 is 15.0 Å². The molecule has 0 saturated carbocycles. The van der Waals surface area contributed by atoms with E-state index in [1.807, 2.05) is 40.1 Å². The zero-order valence-electron chi connectivity index (χ0n) is 13.1. The number of carbonyl (C=O) groups is 1. The largest absolute Gasteiger partial charge is 0.444 e. The molecular formula is C14H26N4O2. The summed E-state index contributed by atoms with van der Waals surface area (Å²) in [6, 6.07) is 2.13. The third-order valence-corrected chi connectivity index (χ3v) is 2.75. The first-order valence-corrected chi connectivity index (χ1v) is 6.88. The van der Waals surface area contributed by atoms with Crippen LogP contribution in [0.2, 0.25) is 0 Å². The van der Waals surface area contributed by atoms with Gasteiger partial charge in [-0.3, -0.25) is 4.68 Å². The molecule has 1 saturated heterocycles. The predicted molar refractivity (Wildman–Crippen MR) is 78.5 cm³/mol. The molecule has 0 aromatic carbocycles. The Bertz CT molecular complexity index is 398. The fraction of sp³-hybridized carbons (Fsp3) is 0.714. The number of rotatable bonds is 1. The standard InChI is InChI=1S/C10H20N2O2.C4H6N2/c1-10(2,3)14-9(13)11-8-5-6-12(4)7-8;1-6-4-2-3-5-6/h8H,5-7H2,1-4H3,(H,11,13);2-4H,1H3. The van der Waals surface area contributed by atoms with E-state index in [0.717, 1.165) is 19.5 Å². The fourth-order valence-corrected chi connectivity index (χ4v) is 1.87. The Labute approximate surface area is 121 Å². The molecule has 1 unspecified atom stereocenters. The second-order valence-corrected chi connectivity index (χ2v) is 6.07. The van der Waals surface area contributed by atoms with Crippen LogP contribution in [0.4, 0.5) is 4.79 Å². The lowest BCUT2D eigenvalue weighted by molar-refractivity contribution is 0.0506. The smallest absolute Gasteiger partial charge is 0.407 e. The molecule has 6 nitrogen and oxygen atoms in total. The van der Waals surface area contributed by atoms with Gasteiger partial charge in [0.25, 0.3) is 0 Å². The van der Waals surface area contributed by atoms with E-state index in [1.54, 1.807) is 10.9 Å². The van der Waals surface area contributed by atoms with Crippen molar-refractivity contribution >= 4 is 6.09 Å². The van der Waals surface area contributed by atoms with E-state index in [-0.39, 0.29) is 12.1 Å². The number of hydrogen-bond acceptors (Lipinski definition) is 4. The van der Waals surface area contributed by atoms with Gasteiger partial charge in [-0.15, -0.1) is 0 Å². The summed E-state index contributed by atoms with van der Waals surface area (Å²) in [5.41, 5.74) is -0.408. The summed E-state index contributed by atoms with van der Waals surface area (Å²) in [4.78, 5) is 13.6. The van der Waals surface area contributed by atoms with Gasteiger partial charge in [0.05, 0.1) is 0 Å². The maximum Gasteiger partial charge on any atom is 0.407 e. The van der Waals surface area contributed by atoms with Crippen LogP contribution >= 0.6 is 0 Å². The molecule has 1 fully saturated rings. The topological polar surface area (TPSA) is 59.4 Å². The molecule has 0 bridgehead atoms. The molecule has 1 aromatic heterocycles. The summed E-state index contributed by atoms with van der Waals surface area (Å²) in [6.07, 6.45) is 4.34. The molecule has 1 aliphatic heterocycles. The molecule has 2 rings (SSSR count). The third kappa shape index (κ3) is 7.13. The Balaban J connectivity index is 0.000000276. The van der Waals surface area contributed by atoms with Crippen LogP contribution in [0.25, 0.3) is 0 Å². The van der Waals surface area contributed by atoms with Gasteiger partial charge in [0.2, 0.25) is 0 Å². The number of aromatic nitrogens is 2. The average Bonchev–Trinajstić information content (AvgIpc) is 2.88. The first kappa shape index (κ1) is 16.5. The van der Waals surface area contributed by atoms with Crippen LogP contribution in [0, 0.1) is 0 Å². The molecule has 2 heterocycles. The summed E-state index contributed by atoms with van der Waals surface area (Å²) in [5, 5.41) is 6.70. The van der Waals surface area contributed by atoms with Crippen LogP contribution in [-0.4, -0.2) is 52.6 Å². The quantitative estimate of drug-likeness (QED) is 0.850. The van der Waals surface area contributed by atoms with Crippen LogP contribution in [0.15, 0.2) is 18.5 Å². The number of hydrogen-bond donors (Lipinski definition) is 1. The second-order valence-electron chi connectivity index (χ2n) is 6.07. The molecule has 20 heavy (non-hydrogen) atoms. The van der Waals surface area contributed by atoms with E-state index in [4.69, 9.17) is 4.74 Å². The molecule has 0 radical (unpaired) electrons. The van der Waals surface area contributed by atoms with Crippen molar-refractivity contribution in [2.45, 2.75) is 38.8 Å². The van der Waals surface area contributed by atoms with Gasteiger partial charge in [0.15, 0.2) is 0 Å². The average molecular weight is 282 g/mol. The summed E-state index contributed by atoms with van der Waals surface area (Å²) in [6.45, 7) is 7.56. The molecule has 1 atom stereocenters. The maximum atomic E-state index is 11.4. The van der Waals surface area contributed by atoms with E-state index in [2.05, 4.69) is 22.4 Å². The minimum Gasteiger partial charge on any atom is -0.444 e. The van der Waals surface area contributed by atoms with Crippen molar-refractivity contribution < 1.29 is 9.53 Å². The number of likely N-dealkylation sites (N-methyl/N-ethyl adjacent to an activating group) is 1. The van der Waals surface area contributed by atoms with Crippen LogP contribution < -0.4 is 5.32 Å². The van der Waals surface area contributed by atoms with Crippen LogP contribution in [0.5, 0.6) is 0 Å². The van der Waals surface area contributed by atoms with E-state index in [0.29, 0.717) is 0 Å². The first-order chi connectivity index (χ1) is 9.26. The highest BCUT2D eigenvalue weighted by atomic mass is 16.6. The Morgan fingerprint density at radius 1 is 1.40 bits per heavy atom. The molecule has 1 aliphatic rings. The molecule has 1 aromatic rings. The highest BCUT2D eigenvalue weighted by Gasteiger charge is 2.23. The van der Waals surface area contributed by atoms with Gasteiger partial charge in [0, 0.05) is 32.0 Å². The van der Waals surface area contributed by atoms with Gasteiger partial charge in [-0.1, -0.05) is 0 Å². The number of carbonyl (C=O) groups excluding carboxylic acids is 1. The van der Waals surface area contributed by atoms with Gasteiger partial charge in [0.1, 0.15) is 5.60 Å². The molecule has 0 aliphatic carbocycles. The minimum atomic E-state index is -0.408. The van der Waals surface area contributed by atoms with Crippen molar-refractivity contribution in [2.24, 2.45) is 7.05 Å². The molecule has 1 amide bonds.